The molecule has 0 amide bonds. The molecule has 0 aliphatic rings. The van der Waals surface area contributed by atoms with E-state index in [1.54, 1.807) is 0 Å². The van der Waals surface area contributed by atoms with Crippen molar-refractivity contribution >= 4 is 6.29 Å². The van der Waals surface area contributed by atoms with Crippen LogP contribution in [0.1, 0.15) is 6.92 Å². The molecule has 0 saturated carbocycles. The number of carbonyl (C=O) groups is 1. The maximum absolute atomic E-state index is 12.7. The average molecular weight is 216 g/mol. The lowest BCUT2D eigenvalue weighted by Gasteiger charge is -2.16. The SMILES string of the molecule is C[C@@](O)(C=O)COc1ccc(F)c(F)c1. The third-order valence-electron chi connectivity index (χ3n) is 1.68. The Hall–Kier alpha value is -1.49. The molecular formula is C10H10F2O3. The van der Waals surface area contributed by atoms with E-state index in [1.165, 1.54) is 13.0 Å². The third-order valence-corrected chi connectivity index (χ3v) is 1.68. The van der Waals surface area contributed by atoms with Crippen LogP contribution in [0.25, 0.3) is 0 Å². The minimum Gasteiger partial charge on any atom is -0.490 e. The molecule has 15 heavy (non-hydrogen) atoms. The third kappa shape index (κ3) is 3.28. The van der Waals surface area contributed by atoms with Crippen LogP contribution in [0.3, 0.4) is 0 Å². The Labute approximate surface area is 85.3 Å². The molecule has 0 unspecified atom stereocenters. The van der Waals surface area contributed by atoms with Gasteiger partial charge in [0.15, 0.2) is 23.5 Å². The van der Waals surface area contributed by atoms with Gasteiger partial charge in [-0.3, -0.25) is 0 Å². The Morgan fingerprint density at radius 3 is 2.67 bits per heavy atom. The summed E-state index contributed by atoms with van der Waals surface area (Å²) in [7, 11) is 0. The highest BCUT2D eigenvalue weighted by Crippen LogP contribution is 2.16. The molecule has 1 aromatic carbocycles. The summed E-state index contributed by atoms with van der Waals surface area (Å²) in [5.41, 5.74) is -1.63. The number of hydrogen-bond acceptors (Lipinski definition) is 3. The van der Waals surface area contributed by atoms with Crippen LogP contribution >= 0.6 is 0 Å². The molecule has 0 saturated heterocycles. The summed E-state index contributed by atoms with van der Waals surface area (Å²) in [5, 5.41) is 9.25. The zero-order valence-electron chi connectivity index (χ0n) is 8.04. The molecule has 0 fully saturated rings. The van der Waals surface area contributed by atoms with Gasteiger partial charge in [0.05, 0.1) is 0 Å². The van der Waals surface area contributed by atoms with Crippen molar-refractivity contribution in [1.29, 1.82) is 0 Å². The number of aliphatic hydroxyl groups is 1. The molecule has 3 nitrogen and oxygen atoms in total. The number of aldehydes is 1. The largest absolute Gasteiger partial charge is 0.490 e. The molecule has 82 valence electrons. The lowest BCUT2D eigenvalue weighted by Crippen LogP contribution is -2.33. The van der Waals surface area contributed by atoms with E-state index in [9.17, 15) is 18.7 Å². The average Bonchev–Trinajstić information content (AvgIpc) is 2.20. The molecule has 0 aromatic heterocycles. The highest BCUT2D eigenvalue weighted by atomic mass is 19.2. The summed E-state index contributed by atoms with van der Waals surface area (Å²) < 4.78 is 30.1. The zero-order valence-corrected chi connectivity index (χ0v) is 8.04. The van der Waals surface area contributed by atoms with Crippen molar-refractivity contribution in [1.82, 2.24) is 0 Å². The monoisotopic (exact) mass is 216 g/mol. The molecule has 0 radical (unpaired) electrons. The van der Waals surface area contributed by atoms with Crippen molar-refractivity contribution in [2.24, 2.45) is 0 Å². The van der Waals surface area contributed by atoms with Gasteiger partial charge in [-0.25, -0.2) is 8.78 Å². The maximum Gasteiger partial charge on any atom is 0.162 e. The van der Waals surface area contributed by atoms with Crippen molar-refractivity contribution in [2.45, 2.75) is 12.5 Å². The van der Waals surface area contributed by atoms with Gasteiger partial charge in [0.2, 0.25) is 0 Å². The van der Waals surface area contributed by atoms with Gasteiger partial charge in [-0.1, -0.05) is 0 Å². The maximum atomic E-state index is 12.7. The van der Waals surface area contributed by atoms with Crippen LogP contribution in [0.5, 0.6) is 5.75 Å². The van der Waals surface area contributed by atoms with E-state index in [2.05, 4.69) is 0 Å². The molecular weight excluding hydrogens is 206 g/mol. The molecule has 0 aliphatic heterocycles. The minimum absolute atomic E-state index is 0.0519. The van der Waals surface area contributed by atoms with Crippen LogP contribution in [0.2, 0.25) is 0 Å². The molecule has 5 heteroatoms. The second-order valence-corrected chi connectivity index (χ2v) is 3.34. The van der Waals surface area contributed by atoms with Gasteiger partial charge in [-0.15, -0.1) is 0 Å². The summed E-state index contributed by atoms with van der Waals surface area (Å²) in [6.45, 7) is 0.932. The Morgan fingerprint density at radius 2 is 2.13 bits per heavy atom. The molecule has 0 bridgehead atoms. The Bertz CT molecular complexity index is 364. The molecule has 1 aromatic rings. The van der Waals surface area contributed by atoms with Gasteiger partial charge in [0.25, 0.3) is 0 Å². The number of rotatable bonds is 4. The van der Waals surface area contributed by atoms with Crippen LogP contribution < -0.4 is 4.74 Å². The van der Waals surface area contributed by atoms with Gasteiger partial charge in [0, 0.05) is 6.07 Å². The van der Waals surface area contributed by atoms with Gasteiger partial charge in [-0.05, 0) is 19.1 Å². The van der Waals surface area contributed by atoms with Crippen LogP contribution in [0.4, 0.5) is 8.78 Å². The number of hydrogen-bond donors (Lipinski definition) is 1. The number of halogens is 2. The van der Waals surface area contributed by atoms with Crippen LogP contribution in [0.15, 0.2) is 18.2 Å². The second kappa shape index (κ2) is 4.35. The van der Waals surface area contributed by atoms with Crippen molar-refractivity contribution in [3.05, 3.63) is 29.8 Å². The van der Waals surface area contributed by atoms with Crippen molar-refractivity contribution in [2.75, 3.05) is 6.61 Å². The molecule has 0 heterocycles. The summed E-state index contributed by atoms with van der Waals surface area (Å²) >= 11 is 0. The Morgan fingerprint density at radius 1 is 1.47 bits per heavy atom. The fourth-order valence-electron chi connectivity index (χ4n) is 0.830. The fraction of sp³-hybridized carbons (Fsp3) is 0.300. The standard InChI is InChI=1S/C10H10F2O3/c1-10(14,5-13)6-15-7-2-3-8(11)9(12)4-7/h2-5,14H,6H2,1H3/t10-/m1/s1. The van der Waals surface area contributed by atoms with Gasteiger partial charge < -0.3 is 14.6 Å². The highest BCUT2D eigenvalue weighted by Gasteiger charge is 2.20. The molecule has 1 rings (SSSR count). The van der Waals surface area contributed by atoms with E-state index in [-0.39, 0.29) is 12.4 Å². The van der Waals surface area contributed by atoms with Crippen LogP contribution in [-0.4, -0.2) is 23.6 Å². The van der Waals surface area contributed by atoms with Gasteiger partial charge in [0.1, 0.15) is 12.4 Å². The molecule has 1 atom stereocenters. The zero-order chi connectivity index (χ0) is 11.5. The van der Waals surface area contributed by atoms with E-state index >= 15 is 0 Å². The normalized spacial score (nSPS) is 14.4. The predicted octanol–water partition coefficient (Wildman–Crippen LogP) is 1.29. The molecule has 0 spiro atoms. The van der Waals surface area contributed by atoms with E-state index in [4.69, 9.17) is 4.74 Å². The number of carbonyl (C=O) groups excluding carboxylic acids is 1. The van der Waals surface area contributed by atoms with E-state index in [0.29, 0.717) is 6.29 Å². The predicted molar refractivity (Wildman–Crippen MR) is 48.5 cm³/mol. The highest BCUT2D eigenvalue weighted by molar-refractivity contribution is 5.61. The Kier molecular flexibility index (Phi) is 3.36. The topological polar surface area (TPSA) is 46.5 Å². The van der Waals surface area contributed by atoms with E-state index in [0.717, 1.165) is 12.1 Å². The first kappa shape index (κ1) is 11.6. The molecule has 0 aliphatic carbocycles. The van der Waals surface area contributed by atoms with Crippen molar-refractivity contribution in [3.8, 4) is 5.75 Å². The number of ether oxygens (including phenoxy) is 1. The first-order valence-electron chi connectivity index (χ1n) is 4.21. The second-order valence-electron chi connectivity index (χ2n) is 3.34. The summed E-state index contributed by atoms with van der Waals surface area (Å²) in [6, 6.07) is 2.95. The summed E-state index contributed by atoms with van der Waals surface area (Å²) in [5.74, 6) is -1.97. The van der Waals surface area contributed by atoms with Crippen molar-refractivity contribution < 1.29 is 23.4 Å². The van der Waals surface area contributed by atoms with E-state index in [1.807, 2.05) is 0 Å². The summed E-state index contributed by atoms with van der Waals surface area (Å²) in [6.07, 6.45) is 0.312. The summed E-state index contributed by atoms with van der Waals surface area (Å²) in [4.78, 5) is 10.3. The first-order valence-corrected chi connectivity index (χ1v) is 4.21. The minimum atomic E-state index is -1.63. The Balaban J connectivity index is 2.66. The van der Waals surface area contributed by atoms with E-state index < -0.39 is 17.2 Å². The lowest BCUT2D eigenvalue weighted by atomic mass is 10.1. The quantitative estimate of drug-likeness (QED) is 0.771. The first-order chi connectivity index (χ1) is 6.94. The number of benzene rings is 1. The smallest absolute Gasteiger partial charge is 0.162 e. The lowest BCUT2D eigenvalue weighted by molar-refractivity contribution is -0.125. The van der Waals surface area contributed by atoms with Gasteiger partial charge >= 0.3 is 0 Å². The van der Waals surface area contributed by atoms with Crippen molar-refractivity contribution in [3.63, 3.8) is 0 Å². The van der Waals surface area contributed by atoms with Gasteiger partial charge in [-0.2, -0.15) is 0 Å². The molecule has 1 N–H and O–H groups in total. The van der Waals surface area contributed by atoms with Crippen LogP contribution in [0, 0.1) is 11.6 Å². The fourth-order valence-corrected chi connectivity index (χ4v) is 0.830. The van der Waals surface area contributed by atoms with Crippen LogP contribution in [-0.2, 0) is 4.79 Å².